The molecule has 1 unspecified atom stereocenters. The Morgan fingerprint density at radius 2 is 1.84 bits per heavy atom. The average molecular weight is 361 g/mol. The fourth-order valence-corrected chi connectivity index (χ4v) is 4.54. The van der Waals surface area contributed by atoms with Gasteiger partial charge < -0.3 is 5.32 Å². The van der Waals surface area contributed by atoms with Crippen molar-refractivity contribution in [2.45, 2.75) is 31.1 Å². The van der Waals surface area contributed by atoms with Crippen LogP contribution in [0.25, 0.3) is 0 Å². The van der Waals surface area contributed by atoms with Crippen LogP contribution < -0.4 is 5.32 Å². The van der Waals surface area contributed by atoms with Crippen molar-refractivity contribution in [3.8, 4) is 0 Å². The van der Waals surface area contributed by atoms with E-state index in [1.165, 1.54) is 23.8 Å². The van der Waals surface area contributed by atoms with Crippen LogP contribution in [0.4, 0.5) is 4.39 Å². The summed E-state index contributed by atoms with van der Waals surface area (Å²) in [6, 6.07) is 13.4. The van der Waals surface area contributed by atoms with Gasteiger partial charge in [0.05, 0.1) is 11.8 Å². The van der Waals surface area contributed by atoms with Crippen LogP contribution in [0.3, 0.4) is 0 Å². The minimum Gasteiger partial charge on any atom is -0.348 e. The van der Waals surface area contributed by atoms with E-state index >= 15 is 0 Å². The van der Waals surface area contributed by atoms with Gasteiger partial charge in [-0.2, -0.15) is 0 Å². The van der Waals surface area contributed by atoms with Crippen molar-refractivity contribution in [1.82, 2.24) is 5.32 Å². The maximum atomic E-state index is 13.6. The zero-order valence-corrected chi connectivity index (χ0v) is 14.6. The van der Waals surface area contributed by atoms with Crippen LogP contribution >= 0.6 is 0 Å². The molecule has 1 N–H and O–H groups in total. The summed E-state index contributed by atoms with van der Waals surface area (Å²) in [5, 5.41) is 2.82. The Hall–Kier alpha value is -2.21. The van der Waals surface area contributed by atoms with Crippen LogP contribution in [0, 0.1) is 5.82 Å². The topological polar surface area (TPSA) is 63.2 Å². The molecule has 1 aliphatic rings. The van der Waals surface area contributed by atoms with Gasteiger partial charge in [0.2, 0.25) is 5.91 Å². The van der Waals surface area contributed by atoms with E-state index in [0.29, 0.717) is 0 Å². The van der Waals surface area contributed by atoms with Crippen molar-refractivity contribution in [2.75, 3.05) is 5.75 Å². The molecule has 1 atom stereocenters. The highest BCUT2D eigenvalue weighted by Crippen LogP contribution is 2.29. The van der Waals surface area contributed by atoms with Gasteiger partial charge in [0.15, 0.2) is 9.84 Å². The summed E-state index contributed by atoms with van der Waals surface area (Å²) in [7, 11) is -3.74. The third kappa shape index (κ3) is 4.45. The molecule has 0 radical (unpaired) electrons. The number of nitrogens with one attached hydrogen (secondary N) is 1. The SMILES string of the molecule is O=C(CS(=O)(=O)Cc1ccccc1F)NC1CCCc2ccccc21. The molecule has 3 rings (SSSR count). The number of amides is 1. The number of carbonyl (C=O) groups is 1. The first kappa shape index (κ1) is 17.6. The predicted molar refractivity (Wildman–Crippen MR) is 94.2 cm³/mol. The molecule has 4 nitrogen and oxygen atoms in total. The highest BCUT2D eigenvalue weighted by atomic mass is 32.2. The highest BCUT2D eigenvalue weighted by Gasteiger charge is 2.24. The fourth-order valence-electron chi connectivity index (χ4n) is 3.24. The van der Waals surface area contributed by atoms with E-state index in [9.17, 15) is 17.6 Å². The van der Waals surface area contributed by atoms with Crippen molar-refractivity contribution < 1.29 is 17.6 Å². The van der Waals surface area contributed by atoms with Gasteiger partial charge in [-0.15, -0.1) is 0 Å². The van der Waals surface area contributed by atoms with Crippen LogP contribution in [-0.2, 0) is 26.8 Å². The molecule has 0 aromatic heterocycles. The monoisotopic (exact) mass is 361 g/mol. The van der Waals surface area contributed by atoms with E-state index in [4.69, 9.17) is 0 Å². The molecule has 2 aromatic carbocycles. The number of fused-ring (bicyclic) bond motifs is 1. The number of hydrogen-bond donors (Lipinski definition) is 1. The van der Waals surface area contributed by atoms with Crippen molar-refractivity contribution >= 4 is 15.7 Å². The van der Waals surface area contributed by atoms with Gasteiger partial charge in [0, 0.05) is 5.56 Å². The van der Waals surface area contributed by atoms with Crippen LogP contribution in [0.5, 0.6) is 0 Å². The molecule has 0 bridgehead atoms. The first-order chi connectivity index (χ1) is 11.9. The maximum absolute atomic E-state index is 13.6. The number of aryl methyl sites for hydroxylation is 1. The smallest absolute Gasteiger partial charge is 0.235 e. The summed E-state index contributed by atoms with van der Waals surface area (Å²) < 4.78 is 38.1. The Balaban J connectivity index is 1.66. The molecule has 2 aromatic rings. The molecule has 1 amide bonds. The first-order valence-electron chi connectivity index (χ1n) is 8.25. The third-order valence-electron chi connectivity index (χ3n) is 4.39. The summed E-state index contributed by atoms with van der Waals surface area (Å²) in [4.78, 5) is 12.2. The van der Waals surface area contributed by atoms with Crippen molar-refractivity contribution in [2.24, 2.45) is 0 Å². The summed E-state index contributed by atoms with van der Waals surface area (Å²) in [6.45, 7) is 0. The lowest BCUT2D eigenvalue weighted by atomic mass is 9.88. The molecule has 0 aliphatic heterocycles. The second-order valence-electron chi connectivity index (χ2n) is 6.33. The summed E-state index contributed by atoms with van der Waals surface area (Å²) in [5.74, 6) is -2.24. The number of benzene rings is 2. The van der Waals surface area contributed by atoms with Gasteiger partial charge in [-0.05, 0) is 36.5 Å². The van der Waals surface area contributed by atoms with E-state index < -0.39 is 33.1 Å². The van der Waals surface area contributed by atoms with E-state index in [1.54, 1.807) is 6.07 Å². The number of rotatable bonds is 5. The standard InChI is InChI=1S/C19H20FNO3S/c20-17-10-4-2-7-15(17)12-25(23,24)13-19(22)21-18-11-5-8-14-6-1-3-9-16(14)18/h1-4,6-7,9-10,18H,5,8,11-13H2,(H,21,22). The van der Waals surface area contributed by atoms with E-state index in [0.717, 1.165) is 24.8 Å². The second-order valence-corrected chi connectivity index (χ2v) is 8.40. The molecule has 0 saturated carbocycles. The van der Waals surface area contributed by atoms with Crippen LogP contribution in [-0.4, -0.2) is 20.1 Å². The Kier molecular flexibility index (Phi) is 5.18. The van der Waals surface area contributed by atoms with Gasteiger partial charge >= 0.3 is 0 Å². The highest BCUT2D eigenvalue weighted by molar-refractivity contribution is 7.91. The minimum absolute atomic E-state index is 0.0818. The summed E-state index contributed by atoms with van der Waals surface area (Å²) >= 11 is 0. The normalized spacial score (nSPS) is 16.9. The molecule has 0 heterocycles. The molecular weight excluding hydrogens is 341 g/mol. The van der Waals surface area contributed by atoms with Crippen molar-refractivity contribution in [1.29, 1.82) is 0 Å². The lowest BCUT2D eigenvalue weighted by Crippen LogP contribution is -2.35. The molecular formula is C19H20FNO3S. The Morgan fingerprint density at radius 3 is 2.64 bits per heavy atom. The molecule has 132 valence electrons. The van der Waals surface area contributed by atoms with E-state index in [2.05, 4.69) is 5.32 Å². The molecule has 0 fully saturated rings. The van der Waals surface area contributed by atoms with E-state index in [1.807, 2.05) is 24.3 Å². The second kappa shape index (κ2) is 7.35. The Labute approximate surface area is 147 Å². The quantitative estimate of drug-likeness (QED) is 0.891. The van der Waals surface area contributed by atoms with E-state index in [-0.39, 0.29) is 11.6 Å². The van der Waals surface area contributed by atoms with Gasteiger partial charge in [0.1, 0.15) is 11.6 Å². The predicted octanol–water partition coefficient (Wildman–Crippen LogP) is 2.93. The maximum Gasteiger partial charge on any atom is 0.235 e. The van der Waals surface area contributed by atoms with Crippen LogP contribution in [0.15, 0.2) is 48.5 Å². The molecule has 0 saturated heterocycles. The number of halogens is 1. The zero-order valence-electron chi connectivity index (χ0n) is 13.7. The summed E-state index contributed by atoms with van der Waals surface area (Å²) in [5.41, 5.74) is 2.32. The number of carbonyl (C=O) groups excluding carboxylic acids is 1. The van der Waals surface area contributed by atoms with Gasteiger partial charge in [-0.1, -0.05) is 42.5 Å². The first-order valence-corrected chi connectivity index (χ1v) is 10.1. The lowest BCUT2D eigenvalue weighted by molar-refractivity contribution is -0.119. The Morgan fingerprint density at radius 1 is 1.12 bits per heavy atom. The summed E-state index contributed by atoms with van der Waals surface area (Å²) in [6.07, 6.45) is 2.70. The van der Waals surface area contributed by atoms with Crippen LogP contribution in [0.2, 0.25) is 0 Å². The average Bonchev–Trinajstić information content (AvgIpc) is 2.56. The number of hydrogen-bond acceptors (Lipinski definition) is 3. The number of sulfone groups is 1. The minimum atomic E-state index is -3.74. The van der Waals surface area contributed by atoms with Crippen LogP contribution in [0.1, 0.15) is 35.6 Å². The zero-order chi connectivity index (χ0) is 17.9. The molecule has 6 heteroatoms. The van der Waals surface area contributed by atoms with Gasteiger partial charge in [0.25, 0.3) is 0 Å². The van der Waals surface area contributed by atoms with Gasteiger partial charge in [-0.3, -0.25) is 4.79 Å². The molecule has 1 aliphatic carbocycles. The largest absolute Gasteiger partial charge is 0.348 e. The van der Waals surface area contributed by atoms with Crippen molar-refractivity contribution in [3.05, 3.63) is 71.0 Å². The molecule has 25 heavy (non-hydrogen) atoms. The van der Waals surface area contributed by atoms with Gasteiger partial charge in [-0.25, -0.2) is 12.8 Å². The fraction of sp³-hybridized carbons (Fsp3) is 0.316. The third-order valence-corrected chi connectivity index (χ3v) is 5.84. The Bertz CT molecular complexity index is 880. The lowest BCUT2D eigenvalue weighted by Gasteiger charge is -2.26. The molecule has 0 spiro atoms. The van der Waals surface area contributed by atoms with Crippen molar-refractivity contribution in [3.63, 3.8) is 0 Å².